The third-order valence-corrected chi connectivity index (χ3v) is 4.64. The van der Waals surface area contributed by atoms with Crippen molar-refractivity contribution in [1.29, 1.82) is 0 Å². The fourth-order valence-electron chi connectivity index (χ4n) is 3.30. The van der Waals surface area contributed by atoms with Crippen LogP contribution in [0.1, 0.15) is 42.0 Å². The lowest BCUT2D eigenvalue weighted by Gasteiger charge is -2.36. The van der Waals surface area contributed by atoms with Crippen LogP contribution in [0.2, 0.25) is 0 Å². The quantitative estimate of drug-likeness (QED) is 0.932. The van der Waals surface area contributed by atoms with Crippen molar-refractivity contribution in [2.75, 3.05) is 6.54 Å². The molecule has 0 aliphatic carbocycles. The van der Waals surface area contributed by atoms with Crippen LogP contribution in [0.5, 0.6) is 0 Å². The van der Waals surface area contributed by atoms with E-state index in [-0.39, 0.29) is 24.4 Å². The molecule has 0 aromatic heterocycles. The van der Waals surface area contributed by atoms with Crippen LogP contribution in [0, 0.1) is 5.82 Å². The Morgan fingerprint density at radius 2 is 1.71 bits per heavy atom. The Labute approximate surface area is 141 Å². The van der Waals surface area contributed by atoms with E-state index in [9.17, 15) is 9.18 Å². The molecule has 3 rings (SSSR count). The van der Waals surface area contributed by atoms with Crippen LogP contribution in [0.15, 0.2) is 48.5 Å². The van der Waals surface area contributed by atoms with Gasteiger partial charge in [0, 0.05) is 6.54 Å². The lowest BCUT2D eigenvalue weighted by molar-refractivity contribution is -0.134. The molecule has 1 unspecified atom stereocenters. The molecule has 1 atom stereocenters. The van der Waals surface area contributed by atoms with Crippen LogP contribution in [0.4, 0.5) is 4.39 Å². The molecule has 1 heterocycles. The second-order valence-electron chi connectivity index (χ2n) is 6.30. The number of aliphatic hydroxyl groups excluding tert-OH is 1. The average molecular weight is 327 g/mol. The molecule has 3 nitrogen and oxygen atoms in total. The average Bonchev–Trinajstić information content (AvgIpc) is 2.63. The molecule has 2 aromatic carbocycles. The summed E-state index contributed by atoms with van der Waals surface area (Å²) in [6.07, 6.45) is 3.36. The van der Waals surface area contributed by atoms with Gasteiger partial charge in [-0.25, -0.2) is 4.39 Å². The van der Waals surface area contributed by atoms with Crippen molar-refractivity contribution >= 4 is 5.91 Å². The van der Waals surface area contributed by atoms with Gasteiger partial charge in [-0.2, -0.15) is 0 Å². The van der Waals surface area contributed by atoms with Gasteiger partial charge in [0.05, 0.1) is 19.1 Å². The Bertz CT molecular complexity index is 682. The number of hydrogen-bond donors (Lipinski definition) is 1. The van der Waals surface area contributed by atoms with Gasteiger partial charge in [0.2, 0.25) is 5.91 Å². The molecule has 0 saturated carbocycles. The number of amides is 1. The third-order valence-electron chi connectivity index (χ3n) is 4.64. The zero-order valence-corrected chi connectivity index (χ0v) is 13.6. The van der Waals surface area contributed by atoms with Crippen molar-refractivity contribution in [3.05, 3.63) is 71.0 Å². The van der Waals surface area contributed by atoms with Crippen LogP contribution >= 0.6 is 0 Å². The first-order valence-corrected chi connectivity index (χ1v) is 8.41. The first-order chi connectivity index (χ1) is 11.7. The number of aliphatic hydroxyl groups is 1. The zero-order valence-electron chi connectivity index (χ0n) is 13.6. The van der Waals surface area contributed by atoms with Crippen LogP contribution in [0.25, 0.3) is 0 Å². The number of likely N-dealkylation sites (tertiary alicyclic amines) is 1. The zero-order chi connectivity index (χ0) is 16.9. The van der Waals surface area contributed by atoms with Crippen molar-refractivity contribution in [2.24, 2.45) is 0 Å². The lowest BCUT2D eigenvalue weighted by atomic mass is 9.94. The van der Waals surface area contributed by atoms with E-state index >= 15 is 0 Å². The molecule has 4 heteroatoms. The Kier molecular flexibility index (Phi) is 5.26. The summed E-state index contributed by atoms with van der Waals surface area (Å²) >= 11 is 0. The van der Waals surface area contributed by atoms with Gasteiger partial charge in [0.25, 0.3) is 0 Å². The molecule has 0 bridgehead atoms. The van der Waals surface area contributed by atoms with Crippen molar-refractivity contribution in [2.45, 2.75) is 38.3 Å². The number of hydrogen-bond acceptors (Lipinski definition) is 2. The smallest absolute Gasteiger partial charge is 0.227 e. The topological polar surface area (TPSA) is 40.5 Å². The maximum atomic E-state index is 13.2. The molecule has 1 amide bonds. The molecule has 1 saturated heterocycles. The molecule has 1 aliphatic heterocycles. The summed E-state index contributed by atoms with van der Waals surface area (Å²) in [5, 5.41) is 9.09. The van der Waals surface area contributed by atoms with E-state index in [1.54, 1.807) is 12.1 Å². The van der Waals surface area contributed by atoms with E-state index in [1.807, 2.05) is 29.2 Å². The highest BCUT2D eigenvalue weighted by molar-refractivity contribution is 5.79. The molecule has 126 valence electrons. The minimum absolute atomic E-state index is 0.00694. The molecule has 24 heavy (non-hydrogen) atoms. The van der Waals surface area contributed by atoms with Crippen LogP contribution in [-0.2, 0) is 17.8 Å². The second-order valence-corrected chi connectivity index (χ2v) is 6.30. The molecule has 0 spiro atoms. The van der Waals surface area contributed by atoms with Crippen LogP contribution in [-0.4, -0.2) is 22.5 Å². The van der Waals surface area contributed by atoms with Gasteiger partial charge in [0.1, 0.15) is 5.82 Å². The summed E-state index contributed by atoms with van der Waals surface area (Å²) < 4.78 is 13.2. The molecular formula is C20H22FNO2. The molecular weight excluding hydrogens is 305 g/mol. The fraction of sp³-hybridized carbons (Fsp3) is 0.350. The Morgan fingerprint density at radius 3 is 2.38 bits per heavy atom. The summed E-state index contributed by atoms with van der Waals surface area (Å²) in [5.74, 6) is -0.155. The van der Waals surface area contributed by atoms with Crippen LogP contribution < -0.4 is 0 Å². The summed E-state index contributed by atoms with van der Waals surface area (Å²) in [7, 11) is 0. The van der Waals surface area contributed by atoms with E-state index in [1.165, 1.54) is 12.1 Å². The summed E-state index contributed by atoms with van der Waals surface area (Å²) in [6, 6.07) is 14.0. The number of rotatable bonds is 4. The number of benzene rings is 2. The predicted molar refractivity (Wildman–Crippen MR) is 90.8 cm³/mol. The van der Waals surface area contributed by atoms with Crippen LogP contribution in [0.3, 0.4) is 0 Å². The Morgan fingerprint density at radius 1 is 1.04 bits per heavy atom. The minimum Gasteiger partial charge on any atom is -0.392 e. The van der Waals surface area contributed by atoms with E-state index in [0.717, 1.165) is 42.5 Å². The van der Waals surface area contributed by atoms with Gasteiger partial charge in [-0.05, 0) is 48.1 Å². The second kappa shape index (κ2) is 7.58. The van der Waals surface area contributed by atoms with Gasteiger partial charge < -0.3 is 10.0 Å². The third kappa shape index (κ3) is 3.82. The maximum Gasteiger partial charge on any atom is 0.227 e. The van der Waals surface area contributed by atoms with Crippen molar-refractivity contribution < 1.29 is 14.3 Å². The largest absolute Gasteiger partial charge is 0.392 e. The number of piperidine rings is 1. The van der Waals surface area contributed by atoms with Gasteiger partial charge in [-0.1, -0.05) is 36.4 Å². The summed E-state index contributed by atoms with van der Waals surface area (Å²) in [4.78, 5) is 14.7. The molecule has 1 N–H and O–H groups in total. The molecule has 2 aromatic rings. The maximum absolute atomic E-state index is 13.2. The summed E-state index contributed by atoms with van der Waals surface area (Å²) in [6.45, 7) is 0.753. The first-order valence-electron chi connectivity index (χ1n) is 8.41. The Balaban J connectivity index is 1.74. The van der Waals surface area contributed by atoms with Gasteiger partial charge in [-0.3, -0.25) is 4.79 Å². The van der Waals surface area contributed by atoms with E-state index in [0.29, 0.717) is 6.42 Å². The molecule has 1 aliphatic rings. The van der Waals surface area contributed by atoms with Crippen molar-refractivity contribution in [3.63, 3.8) is 0 Å². The SMILES string of the molecule is O=C(Cc1ccc(CO)cc1)N1CCCCC1c1ccc(F)cc1. The molecule has 1 fully saturated rings. The number of nitrogens with zero attached hydrogens (tertiary/aromatic N) is 1. The Hall–Kier alpha value is -2.20. The van der Waals surface area contributed by atoms with E-state index in [4.69, 9.17) is 5.11 Å². The predicted octanol–water partition coefficient (Wildman–Crippen LogP) is 3.61. The number of halogens is 1. The highest BCUT2D eigenvalue weighted by Crippen LogP contribution is 2.31. The highest BCUT2D eigenvalue weighted by Gasteiger charge is 2.27. The number of carbonyl (C=O) groups is 1. The van der Waals surface area contributed by atoms with Crippen molar-refractivity contribution in [1.82, 2.24) is 4.90 Å². The normalized spacial score (nSPS) is 17.8. The monoisotopic (exact) mass is 327 g/mol. The fourth-order valence-corrected chi connectivity index (χ4v) is 3.30. The minimum atomic E-state index is -0.253. The van der Waals surface area contributed by atoms with E-state index < -0.39 is 0 Å². The summed E-state index contributed by atoms with van der Waals surface area (Å²) in [5.41, 5.74) is 2.79. The standard InChI is InChI=1S/C20H22FNO2/c21-18-10-8-17(9-11-18)19-3-1-2-12-22(19)20(24)13-15-4-6-16(14-23)7-5-15/h4-11,19,23H,1-3,12-14H2. The van der Waals surface area contributed by atoms with Gasteiger partial charge >= 0.3 is 0 Å². The highest BCUT2D eigenvalue weighted by atomic mass is 19.1. The number of carbonyl (C=O) groups excluding carboxylic acids is 1. The van der Waals surface area contributed by atoms with Gasteiger partial charge in [-0.15, -0.1) is 0 Å². The van der Waals surface area contributed by atoms with E-state index in [2.05, 4.69) is 0 Å². The van der Waals surface area contributed by atoms with Crippen molar-refractivity contribution in [3.8, 4) is 0 Å². The molecule has 0 radical (unpaired) electrons. The first kappa shape index (κ1) is 16.7. The lowest BCUT2D eigenvalue weighted by Crippen LogP contribution is -2.39. The van der Waals surface area contributed by atoms with Gasteiger partial charge in [0.15, 0.2) is 0 Å².